The van der Waals surface area contributed by atoms with Crippen LogP contribution in [0.3, 0.4) is 0 Å². The predicted octanol–water partition coefficient (Wildman–Crippen LogP) is 1.93. The fourth-order valence-corrected chi connectivity index (χ4v) is 1.09. The van der Waals surface area contributed by atoms with Crippen molar-refractivity contribution in [1.29, 1.82) is 0 Å². The molecule has 0 aromatic heterocycles. The normalized spacial score (nSPS) is 14.0. The van der Waals surface area contributed by atoms with Crippen LogP contribution in [0.25, 0.3) is 0 Å². The van der Waals surface area contributed by atoms with E-state index in [9.17, 15) is 9.90 Å². The first-order chi connectivity index (χ1) is 5.46. The van der Waals surface area contributed by atoms with Gasteiger partial charge in [0.1, 0.15) is 5.78 Å². The van der Waals surface area contributed by atoms with Crippen molar-refractivity contribution in [2.45, 2.75) is 39.7 Å². The Kier molecular flexibility index (Phi) is 4.18. The average Bonchev–Trinajstić information content (AvgIpc) is 2.03. The molecule has 2 nitrogen and oxygen atoms in total. The highest BCUT2D eigenvalue weighted by molar-refractivity contribution is 5.84. The summed E-state index contributed by atoms with van der Waals surface area (Å²) in [6, 6.07) is 0. The smallest absolute Gasteiger partial charge is 0.140 e. The zero-order valence-electron chi connectivity index (χ0n) is 8.13. The summed E-state index contributed by atoms with van der Waals surface area (Å²) < 4.78 is 0. The van der Waals surface area contributed by atoms with Crippen LogP contribution in [0.5, 0.6) is 0 Å². The molecule has 70 valence electrons. The minimum absolute atomic E-state index is 0.0943. The van der Waals surface area contributed by atoms with Gasteiger partial charge in [-0.1, -0.05) is 26.8 Å². The van der Waals surface area contributed by atoms with E-state index in [1.807, 2.05) is 6.92 Å². The van der Waals surface area contributed by atoms with Gasteiger partial charge in [0.2, 0.25) is 0 Å². The Morgan fingerprint density at radius 3 is 2.50 bits per heavy atom. The van der Waals surface area contributed by atoms with Crippen molar-refractivity contribution in [3.05, 3.63) is 12.7 Å². The van der Waals surface area contributed by atoms with Crippen LogP contribution in [0.2, 0.25) is 0 Å². The zero-order chi connectivity index (χ0) is 9.78. The van der Waals surface area contributed by atoms with Gasteiger partial charge in [-0.15, -0.1) is 6.58 Å². The van der Waals surface area contributed by atoms with Gasteiger partial charge in [0.05, 0.1) is 6.10 Å². The molecule has 12 heavy (non-hydrogen) atoms. The summed E-state index contributed by atoms with van der Waals surface area (Å²) in [6.07, 6.45) is 1.97. The van der Waals surface area contributed by atoms with E-state index >= 15 is 0 Å². The monoisotopic (exact) mass is 170 g/mol. The lowest BCUT2D eigenvalue weighted by molar-refractivity contribution is -0.132. The summed E-state index contributed by atoms with van der Waals surface area (Å²) in [7, 11) is 0. The van der Waals surface area contributed by atoms with E-state index in [1.54, 1.807) is 19.9 Å². The highest BCUT2D eigenvalue weighted by Crippen LogP contribution is 2.25. The minimum Gasteiger partial charge on any atom is -0.392 e. The second kappa shape index (κ2) is 4.41. The van der Waals surface area contributed by atoms with Crippen molar-refractivity contribution >= 4 is 5.78 Å². The molecule has 1 atom stereocenters. The van der Waals surface area contributed by atoms with Crippen LogP contribution < -0.4 is 0 Å². The molecule has 0 unspecified atom stereocenters. The molecule has 0 aromatic carbocycles. The molecule has 0 heterocycles. The molecule has 0 aliphatic rings. The first-order valence-electron chi connectivity index (χ1n) is 4.29. The molecule has 0 radical (unpaired) electrons. The largest absolute Gasteiger partial charge is 0.392 e. The van der Waals surface area contributed by atoms with Crippen molar-refractivity contribution in [3.63, 3.8) is 0 Å². The van der Waals surface area contributed by atoms with Crippen molar-refractivity contribution in [1.82, 2.24) is 0 Å². The highest BCUT2D eigenvalue weighted by atomic mass is 16.3. The maximum absolute atomic E-state index is 11.4. The maximum atomic E-state index is 11.4. The van der Waals surface area contributed by atoms with Gasteiger partial charge in [0.15, 0.2) is 0 Å². The van der Waals surface area contributed by atoms with Gasteiger partial charge >= 0.3 is 0 Å². The molecule has 0 aliphatic carbocycles. The van der Waals surface area contributed by atoms with E-state index in [2.05, 4.69) is 6.58 Å². The van der Waals surface area contributed by atoms with Crippen LogP contribution in [0.15, 0.2) is 12.7 Å². The number of hydrogen-bond acceptors (Lipinski definition) is 2. The summed E-state index contributed by atoms with van der Waals surface area (Å²) in [5, 5.41) is 9.59. The van der Waals surface area contributed by atoms with Gasteiger partial charge in [0, 0.05) is 11.8 Å². The van der Waals surface area contributed by atoms with Crippen LogP contribution in [0, 0.1) is 5.41 Å². The summed E-state index contributed by atoms with van der Waals surface area (Å²) in [4.78, 5) is 11.4. The minimum atomic E-state index is -0.636. The van der Waals surface area contributed by atoms with E-state index in [0.717, 1.165) is 0 Å². The fourth-order valence-electron chi connectivity index (χ4n) is 1.09. The van der Waals surface area contributed by atoms with Gasteiger partial charge in [-0.3, -0.25) is 4.79 Å². The zero-order valence-corrected chi connectivity index (χ0v) is 8.13. The molecule has 1 N–H and O–H groups in total. The van der Waals surface area contributed by atoms with Crippen molar-refractivity contribution < 1.29 is 9.90 Å². The van der Waals surface area contributed by atoms with Crippen LogP contribution in [0.4, 0.5) is 0 Å². The van der Waals surface area contributed by atoms with Gasteiger partial charge in [-0.05, 0) is 6.42 Å². The molecule has 0 fully saturated rings. The van der Waals surface area contributed by atoms with Crippen LogP contribution in [0.1, 0.15) is 33.6 Å². The summed E-state index contributed by atoms with van der Waals surface area (Å²) in [5.74, 6) is 0.0943. The predicted molar refractivity (Wildman–Crippen MR) is 49.9 cm³/mol. The van der Waals surface area contributed by atoms with E-state index in [0.29, 0.717) is 12.8 Å². The van der Waals surface area contributed by atoms with E-state index in [-0.39, 0.29) is 5.78 Å². The summed E-state index contributed by atoms with van der Waals surface area (Å²) in [5.41, 5.74) is -0.636. The van der Waals surface area contributed by atoms with Gasteiger partial charge < -0.3 is 5.11 Å². The third kappa shape index (κ3) is 2.45. The van der Waals surface area contributed by atoms with Crippen molar-refractivity contribution in [2.75, 3.05) is 0 Å². The van der Waals surface area contributed by atoms with Gasteiger partial charge in [-0.25, -0.2) is 0 Å². The number of carbonyl (C=O) groups is 1. The van der Waals surface area contributed by atoms with Crippen LogP contribution in [-0.4, -0.2) is 17.0 Å². The van der Waals surface area contributed by atoms with E-state index in [4.69, 9.17) is 0 Å². The quantitative estimate of drug-likeness (QED) is 0.640. The standard InChI is InChI=1S/C10H18O2/c1-5-7-9(12)10(3,4)8(11)6-2/h5,9,12H,1,6-7H2,2-4H3/t9-/m0/s1. The number of rotatable bonds is 5. The summed E-state index contributed by atoms with van der Waals surface area (Å²) in [6.45, 7) is 8.88. The lowest BCUT2D eigenvalue weighted by Gasteiger charge is -2.27. The third-order valence-electron chi connectivity index (χ3n) is 2.26. The Morgan fingerprint density at radius 1 is 1.67 bits per heavy atom. The Bertz CT molecular complexity index is 171. The molecular formula is C10H18O2. The van der Waals surface area contributed by atoms with Crippen molar-refractivity contribution in [3.8, 4) is 0 Å². The second-order valence-electron chi connectivity index (χ2n) is 3.54. The fraction of sp³-hybridized carbons (Fsp3) is 0.700. The molecule has 0 aromatic rings. The Hall–Kier alpha value is -0.630. The number of Topliss-reactive ketones (excluding diaryl/α,β-unsaturated/α-hetero) is 1. The molecule has 0 spiro atoms. The number of aliphatic hydroxyl groups excluding tert-OH is 1. The van der Waals surface area contributed by atoms with E-state index in [1.165, 1.54) is 0 Å². The number of aliphatic hydroxyl groups is 1. The lowest BCUT2D eigenvalue weighted by atomic mass is 9.79. The Balaban J connectivity index is 4.36. The number of ketones is 1. The lowest BCUT2D eigenvalue weighted by Crippen LogP contribution is -2.36. The molecular weight excluding hydrogens is 152 g/mol. The SMILES string of the molecule is C=CC[C@H](O)C(C)(C)C(=O)CC. The topological polar surface area (TPSA) is 37.3 Å². The molecule has 0 saturated carbocycles. The van der Waals surface area contributed by atoms with Gasteiger partial charge in [-0.2, -0.15) is 0 Å². The van der Waals surface area contributed by atoms with Gasteiger partial charge in [0.25, 0.3) is 0 Å². The Labute approximate surface area is 74.3 Å². The second-order valence-corrected chi connectivity index (χ2v) is 3.54. The first-order valence-corrected chi connectivity index (χ1v) is 4.29. The van der Waals surface area contributed by atoms with Crippen LogP contribution >= 0.6 is 0 Å². The van der Waals surface area contributed by atoms with Crippen LogP contribution in [-0.2, 0) is 4.79 Å². The highest BCUT2D eigenvalue weighted by Gasteiger charge is 2.32. The molecule has 0 aliphatic heterocycles. The average molecular weight is 170 g/mol. The Morgan fingerprint density at radius 2 is 2.17 bits per heavy atom. The number of carbonyl (C=O) groups excluding carboxylic acids is 1. The third-order valence-corrected chi connectivity index (χ3v) is 2.26. The molecule has 2 heteroatoms. The summed E-state index contributed by atoms with van der Waals surface area (Å²) >= 11 is 0. The molecule has 0 bridgehead atoms. The first kappa shape index (κ1) is 11.4. The molecule has 0 rings (SSSR count). The van der Waals surface area contributed by atoms with Crippen molar-refractivity contribution in [2.24, 2.45) is 5.41 Å². The maximum Gasteiger partial charge on any atom is 0.140 e. The van der Waals surface area contributed by atoms with E-state index < -0.39 is 11.5 Å². The molecule has 0 saturated heterocycles. The molecule has 0 amide bonds. The number of hydrogen-bond donors (Lipinski definition) is 1.